The second kappa shape index (κ2) is 4.66. The fourth-order valence-corrected chi connectivity index (χ4v) is 1.54. The monoisotopic (exact) mass is 220 g/mol. The van der Waals surface area contributed by atoms with Gasteiger partial charge in [-0.15, -0.1) is 0 Å². The highest BCUT2D eigenvalue weighted by molar-refractivity contribution is 5.78. The van der Waals surface area contributed by atoms with E-state index < -0.39 is 6.10 Å². The van der Waals surface area contributed by atoms with E-state index in [-0.39, 0.29) is 18.2 Å². The summed E-state index contributed by atoms with van der Waals surface area (Å²) in [6, 6.07) is 9.74. The molecule has 1 heterocycles. The van der Waals surface area contributed by atoms with E-state index in [0.717, 1.165) is 12.0 Å². The Balaban J connectivity index is 1.89. The molecule has 0 radical (unpaired) electrons. The van der Waals surface area contributed by atoms with Crippen LogP contribution in [0.1, 0.15) is 31.9 Å². The van der Waals surface area contributed by atoms with Crippen molar-refractivity contribution in [2.75, 3.05) is 0 Å². The highest BCUT2D eigenvalue weighted by atomic mass is 16.6. The Hall–Kier alpha value is -1.35. The summed E-state index contributed by atoms with van der Waals surface area (Å²) in [5.74, 6) is -0.247. The van der Waals surface area contributed by atoms with Crippen molar-refractivity contribution in [2.45, 2.75) is 38.6 Å². The number of benzene rings is 1. The fraction of sp³-hybridized carbons (Fsp3) is 0.462. The van der Waals surface area contributed by atoms with Gasteiger partial charge in [0, 0.05) is 0 Å². The van der Waals surface area contributed by atoms with Crippen molar-refractivity contribution >= 4 is 5.97 Å². The van der Waals surface area contributed by atoms with Gasteiger partial charge in [0.25, 0.3) is 0 Å². The Morgan fingerprint density at radius 2 is 2.12 bits per heavy atom. The lowest BCUT2D eigenvalue weighted by Crippen LogP contribution is -2.18. The molecule has 3 atom stereocenters. The summed E-state index contributed by atoms with van der Waals surface area (Å²) in [7, 11) is 0. The van der Waals surface area contributed by atoms with Crippen molar-refractivity contribution in [3.8, 4) is 0 Å². The van der Waals surface area contributed by atoms with E-state index in [1.165, 1.54) is 0 Å². The quantitative estimate of drug-likeness (QED) is 0.578. The molecule has 0 amide bonds. The van der Waals surface area contributed by atoms with Crippen LogP contribution in [-0.2, 0) is 14.3 Å². The van der Waals surface area contributed by atoms with Gasteiger partial charge in [-0.1, -0.05) is 37.3 Å². The number of esters is 1. The average Bonchev–Trinajstić information content (AvgIpc) is 3.10. The molecular weight excluding hydrogens is 204 g/mol. The molecule has 16 heavy (non-hydrogen) atoms. The summed E-state index contributed by atoms with van der Waals surface area (Å²) in [4.78, 5) is 11.6. The maximum absolute atomic E-state index is 11.6. The number of carbonyl (C=O) groups is 1. The third-order valence-corrected chi connectivity index (χ3v) is 2.74. The molecule has 0 spiro atoms. The number of carbonyl (C=O) groups excluding carboxylic acids is 1. The van der Waals surface area contributed by atoms with E-state index in [1.807, 2.05) is 44.2 Å². The molecule has 1 aliphatic heterocycles. The minimum atomic E-state index is -0.406. The lowest BCUT2D eigenvalue weighted by molar-refractivity contribution is -0.149. The van der Waals surface area contributed by atoms with Crippen molar-refractivity contribution in [2.24, 2.45) is 0 Å². The second-order valence-electron chi connectivity index (χ2n) is 4.04. The summed E-state index contributed by atoms with van der Waals surface area (Å²) < 4.78 is 10.5. The fourth-order valence-electron chi connectivity index (χ4n) is 1.54. The van der Waals surface area contributed by atoms with Gasteiger partial charge in [0.2, 0.25) is 0 Å². The molecule has 1 aliphatic rings. The number of hydrogen-bond donors (Lipinski definition) is 0. The van der Waals surface area contributed by atoms with E-state index in [9.17, 15) is 4.79 Å². The van der Waals surface area contributed by atoms with Crippen molar-refractivity contribution in [3.63, 3.8) is 0 Å². The van der Waals surface area contributed by atoms with Gasteiger partial charge in [-0.25, -0.2) is 4.79 Å². The van der Waals surface area contributed by atoms with Crippen LogP contribution in [0.3, 0.4) is 0 Å². The number of epoxide rings is 1. The van der Waals surface area contributed by atoms with Crippen LogP contribution in [0.5, 0.6) is 0 Å². The third kappa shape index (κ3) is 2.42. The molecule has 0 N–H and O–H groups in total. The molecule has 1 aromatic carbocycles. The normalized spacial score (nSPS) is 24.9. The van der Waals surface area contributed by atoms with Gasteiger partial charge in [-0.3, -0.25) is 0 Å². The van der Waals surface area contributed by atoms with Crippen LogP contribution in [0.2, 0.25) is 0 Å². The zero-order valence-electron chi connectivity index (χ0n) is 9.55. The lowest BCUT2D eigenvalue weighted by atomic mass is 10.1. The van der Waals surface area contributed by atoms with Gasteiger partial charge in [0.1, 0.15) is 6.10 Å². The second-order valence-corrected chi connectivity index (χ2v) is 4.04. The Bertz CT molecular complexity index is 361. The lowest BCUT2D eigenvalue weighted by Gasteiger charge is -2.08. The zero-order valence-corrected chi connectivity index (χ0v) is 9.55. The Morgan fingerprint density at radius 3 is 2.75 bits per heavy atom. The molecule has 3 unspecified atom stereocenters. The third-order valence-electron chi connectivity index (χ3n) is 2.74. The maximum atomic E-state index is 11.6. The van der Waals surface area contributed by atoms with Crippen molar-refractivity contribution < 1.29 is 14.3 Å². The van der Waals surface area contributed by atoms with Crippen LogP contribution >= 0.6 is 0 Å². The van der Waals surface area contributed by atoms with Gasteiger partial charge in [0.05, 0.1) is 6.10 Å². The number of hydrogen-bond acceptors (Lipinski definition) is 3. The van der Waals surface area contributed by atoms with E-state index in [0.29, 0.717) is 0 Å². The Morgan fingerprint density at radius 1 is 1.44 bits per heavy atom. The standard InChI is InChI=1S/C13H16O3/c1-3-9(2)15-13(14)12-11(16-12)10-7-5-4-6-8-10/h4-9,11-12H,3H2,1-2H3. The molecule has 0 bridgehead atoms. The SMILES string of the molecule is CCC(C)OC(=O)C1OC1c1ccccc1. The van der Waals surface area contributed by atoms with Crippen LogP contribution in [0.4, 0.5) is 0 Å². The van der Waals surface area contributed by atoms with Crippen LogP contribution in [0, 0.1) is 0 Å². The van der Waals surface area contributed by atoms with E-state index >= 15 is 0 Å². The predicted molar refractivity (Wildman–Crippen MR) is 59.9 cm³/mol. The van der Waals surface area contributed by atoms with Gasteiger partial charge in [-0.05, 0) is 18.9 Å². The van der Waals surface area contributed by atoms with Gasteiger partial charge >= 0.3 is 5.97 Å². The van der Waals surface area contributed by atoms with Gasteiger partial charge < -0.3 is 9.47 Å². The van der Waals surface area contributed by atoms with Crippen LogP contribution in [0.15, 0.2) is 30.3 Å². The minimum absolute atomic E-state index is 0.0341. The molecule has 1 aromatic rings. The summed E-state index contributed by atoms with van der Waals surface area (Å²) in [5.41, 5.74) is 1.04. The molecular formula is C13H16O3. The molecule has 3 heteroatoms. The molecule has 86 valence electrons. The summed E-state index contributed by atoms with van der Waals surface area (Å²) in [6.45, 7) is 3.87. The highest BCUT2D eigenvalue weighted by Crippen LogP contribution is 2.39. The van der Waals surface area contributed by atoms with Crippen LogP contribution in [0.25, 0.3) is 0 Å². The van der Waals surface area contributed by atoms with Crippen molar-refractivity contribution in [3.05, 3.63) is 35.9 Å². The average molecular weight is 220 g/mol. The smallest absolute Gasteiger partial charge is 0.338 e. The highest BCUT2D eigenvalue weighted by Gasteiger charge is 2.47. The van der Waals surface area contributed by atoms with E-state index in [2.05, 4.69) is 0 Å². The minimum Gasteiger partial charge on any atom is -0.461 e. The molecule has 1 fully saturated rings. The molecule has 3 nitrogen and oxygen atoms in total. The predicted octanol–water partition coefficient (Wildman–Crippen LogP) is 2.47. The Kier molecular flexibility index (Phi) is 3.25. The van der Waals surface area contributed by atoms with Crippen LogP contribution < -0.4 is 0 Å². The molecule has 2 rings (SSSR count). The first-order valence-electron chi connectivity index (χ1n) is 5.63. The van der Waals surface area contributed by atoms with Crippen molar-refractivity contribution in [1.82, 2.24) is 0 Å². The van der Waals surface area contributed by atoms with E-state index in [4.69, 9.17) is 9.47 Å². The topological polar surface area (TPSA) is 38.8 Å². The molecule has 0 aromatic heterocycles. The summed E-state index contributed by atoms with van der Waals surface area (Å²) in [5, 5.41) is 0. The first kappa shape index (κ1) is 11.1. The maximum Gasteiger partial charge on any atom is 0.338 e. The Labute approximate surface area is 95.4 Å². The summed E-state index contributed by atoms with van der Waals surface area (Å²) >= 11 is 0. The first-order chi connectivity index (χ1) is 7.72. The van der Waals surface area contributed by atoms with Gasteiger partial charge in [0.15, 0.2) is 6.10 Å². The number of rotatable bonds is 4. The molecule has 1 saturated heterocycles. The first-order valence-corrected chi connectivity index (χ1v) is 5.63. The molecule has 0 aliphatic carbocycles. The largest absolute Gasteiger partial charge is 0.461 e. The zero-order chi connectivity index (χ0) is 11.5. The van der Waals surface area contributed by atoms with Crippen LogP contribution in [-0.4, -0.2) is 18.2 Å². The molecule has 0 saturated carbocycles. The van der Waals surface area contributed by atoms with Gasteiger partial charge in [-0.2, -0.15) is 0 Å². The van der Waals surface area contributed by atoms with Crippen molar-refractivity contribution in [1.29, 1.82) is 0 Å². The van der Waals surface area contributed by atoms with E-state index in [1.54, 1.807) is 0 Å². The summed E-state index contributed by atoms with van der Waals surface area (Å²) in [6.07, 6.45) is 0.274. The number of ether oxygens (including phenoxy) is 2.